The molecule has 21 heavy (non-hydrogen) atoms. The number of anilines is 1. The molecule has 0 saturated carbocycles. The van der Waals surface area contributed by atoms with Crippen LogP contribution in [-0.4, -0.2) is 16.7 Å². The number of nitrogens with zero attached hydrogens (tertiary/aromatic N) is 2. The van der Waals surface area contributed by atoms with Gasteiger partial charge < -0.3 is 10.5 Å². The molecular formula is C15H13ClFN3O. The number of aryl methyl sites for hydroxylation is 1. The van der Waals surface area contributed by atoms with Crippen LogP contribution < -0.4 is 10.5 Å². The van der Waals surface area contributed by atoms with Crippen LogP contribution in [0, 0.1) is 12.7 Å². The molecule has 2 N–H and O–H groups in total. The highest BCUT2D eigenvalue weighted by Gasteiger charge is 2.16. The van der Waals surface area contributed by atoms with Gasteiger partial charge in [0.2, 0.25) is 5.95 Å². The molecule has 0 atom stereocenters. The minimum atomic E-state index is -0.355. The number of nitrogen functional groups attached to an aromatic ring is 1. The molecule has 4 nitrogen and oxygen atoms in total. The first-order valence-electron chi connectivity index (χ1n) is 6.29. The molecule has 0 aliphatic heterocycles. The Morgan fingerprint density at radius 3 is 2.76 bits per heavy atom. The smallest absolute Gasteiger partial charge is 0.206 e. The van der Waals surface area contributed by atoms with Crippen LogP contribution in [0.4, 0.5) is 10.3 Å². The van der Waals surface area contributed by atoms with Crippen LogP contribution in [0.3, 0.4) is 0 Å². The van der Waals surface area contributed by atoms with E-state index in [-0.39, 0.29) is 11.8 Å². The van der Waals surface area contributed by atoms with Crippen molar-refractivity contribution in [2.24, 2.45) is 0 Å². The van der Waals surface area contributed by atoms with Crippen molar-refractivity contribution in [3.63, 3.8) is 0 Å². The normalized spacial score (nSPS) is 11.0. The molecule has 0 fully saturated rings. The SMILES string of the molecule is COc1cc(Cl)c(C)cc1-n1c(N)nc2cc(F)ccc21. The van der Waals surface area contributed by atoms with E-state index in [0.717, 1.165) is 5.56 Å². The fourth-order valence-corrected chi connectivity index (χ4v) is 2.47. The van der Waals surface area contributed by atoms with Crippen molar-refractivity contribution in [2.45, 2.75) is 6.92 Å². The van der Waals surface area contributed by atoms with Crippen molar-refractivity contribution in [1.29, 1.82) is 0 Å². The van der Waals surface area contributed by atoms with E-state index in [1.807, 2.05) is 13.0 Å². The lowest BCUT2D eigenvalue weighted by atomic mass is 10.2. The van der Waals surface area contributed by atoms with E-state index in [1.54, 1.807) is 23.8 Å². The molecule has 0 amide bonds. The van der Waals surface area contributed by atoms with Gasteiger partial charge in [0.05, 0.1) is 23.8 Å². The minimum absolute atomic E-state index is 0.260. The van der Waals surface area contributed by atoms with E-state index >= 15 is 0 Å². The average molecular weight is 306 g/mol. The molecule has 0 aliphatic carbocycles. The van der Waals surface area contributed by atoms with Crippen LogP contribution in [0.2, 0.25) is 5.02 Å². The summed E-state index contributed by atoms with van der Waals surface area (Å²) in [5.74, 6) is 0.475. The van der Waals surface area contributed by atoms with E-state index < -0.39 is 0 Å². The predicted molar refractivity (Wildman–Crippen MR) is 81.7 cm³/mol. The number of benzene rings is 2. The van der Waals surface area contributed by atoms with E-state index in [9.17, 15) is 4.39 Å². The molecular weight excluding hydrogens is 293 g/mol. The second-order valence-electron chi connectivity index (χ2n) is 4.71. The van der Waals surface area contributed by atoms with Gasteiger partial charge in [-0.05, 0) is 30.7 Å². The van der Waals surface area contributed by atoms with Gasteiger partial charge in [-0.3, -0.25) is 4.57 Å². The number of hydrogen-bond acceptors (Lipinski definition) is 3. The maximum atomic E-state index is 13.3. The topological polar surface area (TPSA) is 53.1 Å². The summed E-state index contributed by atoms with van der Waals surface area (Å²) in [7, 11) is 1.56. The lowest BCUT2D eigenvalue weighted by molar-refractivity contribution is 0.413. The zero-order valence-electron chi connectivity index (χ0n) is 11.5. The van der Waals surface area contributed by atoms with Gasteiger partial charge in [-0.2, -0.15) is 0 Å². The van der Waals surface area contributed by atoms with Crippen LogP contribution in [0.5, 0.6) is 5.75 Å². The van der Waals surface area contributed by atoms with Crippen LogP contribution in [0.1, 0.15) is 5.56 Å². The average Bonchev–Trinajstić information content (AvgIpc) is 2.76. The molecule has 2 aromatic carbocycles. The molecule has 6 heteroatoms. The molecule has 0 radical (unpaired) electrons. The number of nitrogens with two attached hydrogens (primary N) is 1. The summed E-state index contributed by atoms with van der Waals surface area (Å²) in [5, 5.41) is 0.602. The molecule has 0 saturated heterocycles. The van der Waals surface area contributed by atoms with E-state index in [1.165, 1.54) is 12.1 Å². The van der Waals surface area contributed by atoms with Crippen molar-refractivity contribution in [2.75, 3.05) is 12.8 Å². The van der Waals surface area contributed by atoms with Crippen molar-refractivity contribution in [1.82, 2.24) is 9.55 Å². The summed E-state index contributed by atoms with van der Waals surface area (Å²) in [6.07, 6.45) is 0. The Morgan fingerprint density at radius 2 is 2.05 bits per heavy atom. The monoisotopic (exact) mass is 305 g/mol. The van der Waals surface area contributed by atoms with Gasteiger partial charge in [0.15, 0.2) is 0 Å². The standard InChI is InChI=1S/C15H13ClFN3O/c1-8-5-13(14(21-2)7-10(8)16)20-12-4-3-9(17)6-11(12)19-15(20)18/h3-7H,1-2H3,(H2,18,19). The molecule has 0 aliphatic rings. The van der Waals surface area contributed by atoms with Crippen molar-refractivity contribution < 1.29 is 9.13 Å². The quantitative estimate of drug-likeness (QED) is 0.785. The first-order valence-corrected chi connectivity index (χ1v) is 6.67. The van der Waals surface area contributed by atoms with Gasteiger partial charge >= 0.3 is 0 Å². The number of imidazole rings is 1. The Balaban J connectivity index is 2.35. The van der Waals surface area contributed by atoms with Crippen molar-refractivity contribution in [3.8, 4) is 11.4 Å². The Hall–Kier alpha value is -2.27. The summed E-state index contributed by atoms with van der Waals surface area (Å²) in [6, 6.07) is 7.94. The third kappa shape index (κ3) is 2.19. The highest BCUT2D eigenvalue weighted by atomic mass is 35.5. The Morgan fingerprint density at radius 1 is 1.29 bits per heavy atom. The van der Waals surface area contributed by atoms with Crippen LogP contribution in [-0.2, 0) is 0 Å². The highest BCUT2D eigenvalue weighted by molar-refractivity contribution is 6.31. The number of hydrogen-bond donors (Lipinski definition) is 1. The van der Waals surface area contributed by atoms with Gasteiger partial charge in [0.25, 0.3) is 0 Å². The van der Waals surface area contributed by atoms with Gasteiger partial charge in [-0.15, -0.1) is 0 Å². The largest absolute Gasteiger partial charge is 0.495 e. The number of aromatic nitrogens is 2. The number of fused-ring (bicyclic) bond motifs is 1. The number of rotatable bonds is 2. The van der Waals surface area contributed by atoms with E-state index in [0.29, 0.717) is 27.5 Å². The second kappa shape index (κ2) is 4.93. The first-order chi connectivity index (χ1) is 10.0. The molecule has 1 heterocycles. The van der Waals surface area contributed by atoms with Crippen LogP contribution in [0.25, 0.3) is 16.7 Å². The molecule has 0 bridgehead atoms. The molecule has 3 rings (SSSR count). The lowest BCUT2D eigenvalue weighted by Gasteiger charge is -2.13. The maximum Gasteiger partial charge on any atom is 0.206 e. The van der Waals surface area contributed by atoms with Crippen molar-refractivity contribution in [3.05, 3.63) is 46.7 Å². The second-order valence-corrected chi connectivity index (χ2v) is 5.12. The fourth-order valence-electron chi connectivity index (χ4n) is 2.31. The van der Waals surface area contributed by atoms with Gasteiger partial charge in [-0.25, -0.2) is 9.37 Å². The van der Waals surface area contributed by atoms with E-state index in [4.69, 9.17) is 22.1 Å². The first kappa shape index (κ1) is 13.7. The summed E-state index contributed by atoms with van der Waals surface area (Å²) in [4.78, 5) is 4.19. The van der Waals surface area contributed by atoms with Gasteiger partial charge in [0.1, 0.15) is 11.6 Å². The fraction of sp³-hybridized carbons (Fsp3) is 0.133. The Kier molecular flexibility index (Phi) is 3.22. The zero-order chi connectivity index (χ0) is 15.1. The van der Waals surface area contributed by atoms with Crippen LogP contribution in [0.15, 0.2) is 30.3 Å². The molecule has 108 valence electrons. The van der Waals surface area contributed by atoms with Crippen LogP contribution >= 0.6 is 11.6 Å². The van der Waals surface area contributed by atoms with Gasteiger partial charge in [-0.1, -0.05) is 11.6 Å². The number of halogens is 2. The molecule has 3 aromatic rings. The summed E-state index contributed by atoms with van der Waals surface area (Å²) in [6.45, 7) is 1.89. The van der Waals surface area contributed by atoms with Gasteiger partial charge in [0, 0.05) is 17.2 Å². The maximum absolute atomic E-state index is 13.3. The minimum Gasteiger partial charge on any atom is -0.495 e. The number of ether oxygens (including phenoxy) is 1. The van der Waals surface area contributed by atoms with Crippen molar-refractivity contribution >= 4 is 28.6 Å². The summed E-state index contributed by atoms with van der Waals surface area (Å²) < 4.78 is 20.4. The lowest BCUT2D eigenvalue weighted by Crippen LogP contribution is -2.03. The highest BCUT2D eigenvalue weighted by Crippen LogP contribution is 2.33. The third-order valence-electron chi connectivity index (χ3n) is 3.34. The predicted octanol–water partition coefficient (Wildman–Crippen LogP) is 3.72. The Labute approximate surface area is 125 Å². The number of methoxy groups -OCH3 is 1. The summed E-state index contributed by atoms with van der Waals surface area (Å²) >= 11 is 6.12. The third-order valence-corrected chi connectivity index (χ3v) is 3.75. The van der Waals surface area contributed by atoms with E-state index in [2.05, 4.69) is 4.98 Å². The zero-order valence-corrected chi connectivity index (χ0v) is 12.3. The Bertz CT molecular complexity index is 845. The molecule has 1 aromatic heterocycles. The molecule has 0 unspecified atom stereocenters. The summed E-state index contributed by atoms with van der Waals surface area (Å²) in [5.41, 5.74) is 8.78. The molecule has 0 spiro atoms.